The maximum atomic E-state index is 12.2. The number of para-hydroxylation sites is 1. The molecule has 0 heterocycles. The van der Waals surface area contributed by atoms with Crippen molar-refractivity contribution in [3.8, 4) is 0 Å². The molecule has 0 unspecified atom stereocenters. The van der Waals surface area contributed by atoms with E-state index in [1.54, 1.807) is 11.9 Å². The van der Waals surface area contributed by atoms with Crippen LogP contribution in [-0.2, 0) is 16.0 Å². The molecule has 0 aromatic heterocycles. The Kier molecular flexibility index (Phi) is 7.16. The van der Waals surface area contributed by atoms with E-state index in [2.05, 4.69) is 26.6 Å². The average molecular weight is 404 g/mol. The van der Waals surface area contributed by atoms with Crippen LogP contribution in [0.1, 0.15) is 12.5 Å². The summed E-state index contributed by atoms with van der Waals surface area (Å²) in [5.41, 5.74) is 2.64. The number of carbonyl (C=O) groups excluding carboxylic acids is 2. The average Bonchev–Trinajstić information content (AvgIpc) is 2.57. The molecule has 0 atom stereocenters. The van der Waals surface area contributed by atoms with Crippen molar-refractivity contribution in [1.82, 2.24) is 4.90 Å². The Morgan fingerprint density at radius 3 is 2.20 bits per heavy atom. The van der Waals surface area contributed by atoms with E-state index in [-0.39, 0.29) is 24.9 Å². The van der Waals surface area contributed by atoms with Gasteiger partial charge in [-0.1, -0.05) is 41.1 Å². The van der Waals surface area contributed by atoms with Crippen LogP contribution in [0.5, 0.6) is 0 Å². The van der Waals surface area contributed by atoms with Crippen LogP contribution in [0, 0.1) is 0 Å². The second kappa shape index (κ2) is 9.34. The van der Waals surface area contributed by atoms with Gasteiger partial charge in [0.05, 0.1) is 13.1 Å². The lowest BCUT2D eigenvalue weighted by Gasteiger charge is -2.17. The fourth-order valence-electron chi connectivity index (χ4n) is 2.42. The highest BCUT2D eigenvalue weighted by molar-refractivity contribution is 9.10. The van der Waals surface area contributed by atoms with Crippen LogP contribution < -0.4 is 10.6 Å². The highest BCUT2D eigenvalue weighted by atomic mass is 79.9. The molecule has 25 heavy (non-hydrogen) atoms. The van der Waals surface area contributed by atoms with Crippen molar-refractivity contribution in [3.63, 3.8) is 0 Å². The summed E-state index contributed by atoms with van der Waals surface area (Å²) in [4.78, 5) is 25.9. The molecular formula is C19H22BrN3O2. The maximum absolute atomic E-state index is 12.2. The number of aryl methyl sites for hydroxylation is 1. The molecule has 6 heteroatoms. The van der Waals surface area contributed by atoms with Gasteiger partial charge in [-0.05, 0) is 49.4 Å². The van der Waals surface area contributed by atoms with Crippen molar-refractivity contribution < 1.29 is 9.59 Å². The van der Waals surface area contributed by atoms with E-state index in [1.165, 1.54) is 0 Å². The molecule has 2 N–H and O–H groups in total. The first-order valence-corrected chi connectivity index (χ1v) is 8.89. The molecule has 0 aliphatic heterocycles. The first-order chi connectivity index (χ1) is 12.0. The van der Waals surface area contributed by atoms with E-state index in [1.807, 2.05) is 55.5 Å². The van der Waals surface area contributed by atoms with E-state index < -0.39 is 0 Å². The predicted octanol–water partition coefficient (Wildman–Crippen LogP) is 3.52. The lowest BCUT2D eigenvalue weighted by atomic mass is 10.1. The second-order valence-electron chi connectivity index (χ2n) is 5.79. The monoisotopic (exact) mass is 403 g/mol. The number of hydrogen-bond donors (Lipinski definition) is 2. The molecule has 0 saturated carbocycles. The lowest BCUT2D eigenvalue weighted by Crippen LogP contribution is -2.36. The van der Waals surface area contributed by atoms with Gasteiger partial charge in [0, 0.05) is 15.8 Å². The standard InChI is InChI=1S/C19H22BrN3O2/c1-3-14-6-4-5-7-17(14)22-19(25)13-23(2)12-18(24)21-16-10-8-15(20)9-11-16/h4-11H,3,12-13H2,1-2H3,(H,21,24)(H,22,25). The third-order valence-corrected chi connectivity index (χ3v) is 4.16. The topological polar surface area (TPSA) is 61.4 Å². The number of anilines is 2. The number of hydrogen-bond acceptors (Lipinski definition) is 3. The van der Waals surface area contributed by atoms with Gasteiger partial charge in [-0.15, -0.1) is 0 Å². The number of nitrogens with zero attached hydrogens (tertiary/aromatic N) is 1. The van der Waals surface area contributed by atoms with Crippen LogP contribution in [0.4, 0.5) is 11.4 Å². The van der Waals surface area contributed by atoms with Gasteiger partial charge in [-0.2, -0.15) is 0 Å². The third-order valence-electron chi connectivity index (χ3n) is 3.63. The van der Waals surface area contributed by atoms with Gasteiger partial charge >= 0.3 is 0 Å². The highest BCUT2D eigenvalue weighted by Gasteiger charge is 2.12. The zero-order valence-corrected chi connectivity index (χ0v) is 16.0. The van der Waals surface area contributed by atoms with Crippen molar-refractivity contribution >= 4 is 39.1 Å². The Balaban J connectivity index is 1.82. The number of benzene rings is 2. The third kappa shape index (κ3) is 6.32. The summed E-state index contributed by atoms with van der Waals surface area (Å²) < 4.78 is 0.951. The Labute approximate surface area is 156 Å². The molecule has 2 amide bonds. The van der Waals surface area contributed by atoms with Gasteiger partial charge in [0.1, 0.15) is 0 Å². The van der Waals surface area contributed by atoms with Crippen LogP contribution in [0.15, 0.2) is 53.0 Å². The number of halogens is 1. The van der Waals surface area contributed by atoms with Gasteiger partial charge in [-0.3, -0.25) is 14.5 Å². The van der Waals surface area contributed by atoms with Crippen LogP contribution in [-0.4, -0.2) is 36.9 Å². The molecule has 5 nitrogen and oxygen atoms in total. The van der Waals surface area contributed by atoms with E-state index in [0.29, 0.717) is 0 Å². The zero-order valence-electron chi connectivity index (χ0n) is 14.4. The molecule has 2 aromatic carbocycles. The summed E-state index contributed by atoms with van der Waals surface area (Å²) in [6.45, 7) is 2.33. The highest BCUT2D eigenvalue weighted by Crippen LogP contribution is 2.15. The first-order valence-electron chi connectivity index (χ1n) is 8.09. The van der Waals surface area contributed by atoms with Crippen molar-refractivity contribution in [1.29, 1.82) is 0 Å². The largest absolute Gasteiger partial charge is 0.325 e. The van der Waals surface area contributed by atoms with E-state index in [9.17, 15) is 9.59 Å². The van der Waals surface area contributed by atoms with Crippen LogP contribution >= 0.6 is 15.9 Å². The molecule has 0 spiro atoms. The Morgan fingerprint density at radius 2 is 1.56 bits per heavy atom. The minimum absolute atomic E-state index is 0.138. The smallest absolute Gasteiger partial charge is 0.238 e. The Hall–Kier alpha value is -2.18. The van der Waals surface area contributed by atoms with Gasteiger partial charge in [0.15, 0.2) is 0 Å². The van der Waals surface area contributed by atoms with E-state index in [0.717, 1.165) is 27.8 Å². The van der Waals surface area contributed by atoms with Gasteiger partial charge in [0.25, 0.3) is 0 Å². The zero-order chi connectivity index (χ0) is 18.2. The fourth-order valence-corrected chi connectivity index (χ4v) is 2.68. The lowest BCUT2D eigenvalue weighted by molar-refractivity contribution is -0.119. The summed E-state index contributed by atoms with van der Waals surface area (Å²) in [6.07, 6.45) is 0.849. The van der Waals surface area contributed by atoms with Crippen molar-refractivity contribution in [3.05, 3.63) is 58.6 Å². The number of carbonyl (C=O) groups is 2. The van der Waals surface area contributed by atoms with Gasteiger partial charge < -0.3 is 10.6 Å². The SMILES string of the molecule is CCc1ccccc1NC(=O)CN(C)CC(=O)Nc1ccc(Br)cc1. The fraction of sp³-hybridized carbons (Fsp3) is 0.263. The summed E-state index contributed by atoms with van der Waals surface area (Å²) in [5, 5.41) is 5.71. The van der Waals surface area contributed by atoms with E-state index >= 15 is 0 Å². The molecule has 2 rings (SSSR count). The van der Waals surface area contributed by atoms with Crippen LogP contribution in [0.2, 0.25) is 0 Å². The van der Waals surface area contributed by atoms with Gasteiger partial charge in [0.2, 0.25) is 11.8 Å². The van der Waals surface area contributed by atoms with Crippen LogP contribution in [0.25, 0.3) is 0 Å². The summed E-state index contributed by atoms with van der Waals surface area (Å²) in [7, 11) is 1.74. The maximum Gasteiger partial charge on any atom is 0.238 e. The summed E-state index contributed by atoms with van der Waals surface area (Å²) >= 11 is 3.35. The molecule has 0 radical (unpaired) electrons. The predicted molar refractivity (Wildman–Crippen MR) is 105 cm³/mol. The molecular weight excluding hydrogens is 382 g/mol. The molecule has 2 aromatic rings. The number of nitrogens with one attached hydrogen (secondary N) is 2. The van der Waals surface area contributed by atoms with E-state index in [4.69, 9.17) is 0 Å². The molecule has 0 bridgehead atoms. The molecule has 0 saturated heterocycles. The number of likely N-dealkylation sites (N-methyl/N-ethyl adjacent to an activating group) is 1. The van der Waals surface area contributed by atoms with Crippen molar-refractivity contribution in [2.24, 2.45) is 0 Å². The first kappa shape index (κ1) is 19.1. The summed E-state index contributed by atoms with van der Waals surface area (Å²) in [5.74, 6) is -0.300. The van der Waals surface area contributed by atoms with Crippen molar-refractivity contribution in [2.45, 2.75) is 13.3 Å². The molecule has 0 fully saturated rings. The normalized spacial score (nSPS) is 10.6. The quantitative estimate of drug-likeness (QED) is 0.743. The molecule has 0 aliphatic carbocycles. The van der Waals surface area contributed by atoms with Crippen molar-refractivity contribution in [2.75, 3.05) is 30.8 Å². The Morgan fingerprint density at radius 1 is 0.960 bits per heavy atom. The van der Waals surface area contributed by atoms with Gasteiger partial charge in [-0.25, -0.2) is 0 Å². The molecule has 0 aliphatic rings. The second-order valence-corrected chi connectivity index (χ2v) is 6.70. The Bertz CT molecular complexity index is 732. The summed E-state index contributed by atoms with van der Waals surface area (Å²) in [6, 6.07) is 15.1. The number of amides is 2. The minimum atomic E-state index is -0.161. The van der Waals surface area contributed by atoms with Crippen LogP contribution in [0.3, 0.4) is 0 Å². The molecule has 132 valence electrons. The number of rotatable bonds is 7. The minimum Gasteiger partial charge on any atom is -0.325 e.